The maximum Gasteiger partial charge on any atom is 0.106 e. The molecule has 0 aliphatic heterocycles. The van der Waals surface area contributed by atoms with Gasteiger partial charge in [0.15, 0.2) is 0 Å². The molecule has 1 aliphatic rings. The van der Waals surface area contributed by atoms with E-state index in [2.05, 4.69) is 26.7 Å². The Morgan fingerprint density at radius 2 is 2.40 bits per heavy atom. The number of imidazole rings is 1. The fourth-order valence-corrected chi connectivity index (χ4v) is 1.57. The van der Waals surface area contributed by atoms with Crippen LogP contribution in [-0.4, -0.2) is 15.6 Å². The first-order valence-corrected chi connectivity index (χ1v) is 5.45. The lowest BCUT2D eigenvalue weighted by Crippen LogP contribution is -2.18. The highest BCUT2D eigenvalue weighted by molar-refractivity contribution is 5.09. The molecule has 0 unspecified atom stereocenters. The highest BCUT2D eigenvalue weighted by Crippen LogP contribution is 2.19. The fraction of sp³-hybridized carbons (Fsp3) is 0.583. The minimum atomic E-state index is 0.742. The molecule has 15 heavy (non-hydrogen) atoms. The van der Waals surface area contributed by atoms with E-state index in [0.29, 0.717) is 0 Å². The third kappa shape index (κ3) is 2.60. The molecule has 1 fully saturated rings. The number of hydrogen-bond donors (Lipinski definition) is 1. The molecule has 3 nitrogen and oxygen atoms in total. The van der Waals surface area contributed by atoms with Crippen molar-refractivity contribution in [1.82, 2.24) is 14.9 Å². The van der Waals surface area contributed by atoms with Crippen molar-refractivity contribution in [3.05, 3.63) is 17.7 Å². The van der Waals surface area contributed by atoms with E-state index in [9.17, 15) is 0 Å². The minimum absolute atomic E-state index is 0.742. The largest absolute Gasteiger partial charge is 0.319 e. The zero-order chi connectivity index (χ0) is 10.7. The number of aryl methyl sites for hydroxylation is 1. The summed E-state index contributed by atoms with van der Waals surface area (Å²) in [7, 11) is 0. The van der Waals surface area contributed by atoms with Crippen LogP contribution in [0.3, 0.4) is 0 Å². The Kier molecular flexibility index (Phi) is 3.08. The summed E-state index contributed by atoms with van der Waals surface area (Å²) in [5.41, 5.74) is 1.24. The molecule has 0 spiro atoms. The Morgan fingerprint density at radius 1 is 1.60 bits per heavy atom. The van der Waals surface area contributed by atoms with E-state index >= 15 is 0 Å². The quantitative estimate of drug-likeness (QED) is 0.751. The molecule has 2 rings (SSSR count). The SMILES string of the molecule is CC#CCn1c(CNC2CC2)cnc1C. The van der Waals surface area contributed by atoms with Crippen LogP contribution in [0.4, 0.5) is 0 Å². The van der Waals surface area contributed by atoms with Gasteiger partial charge < -0.3 is 9.88 Å². The van der Waals surface area contributed by atoms with E-state index in [-0.39, 0.29) is 0 Å². The molecule has 3 heteroatoms. The van der Waals surface area contributed by atoms with Crippen molar-refractivity contribution < 1.29 is 0 Å². The predicted octanol–water partition coefficient (Wildman–Crippen LogP) is 1.47. The Labute approximate surface area is 90.9 Å². The Bertz CT molecular complexity index is 391. The highest BCUT2D eigenvalue weighted by Gasteiger charge is 2.20. The summed E-state index contributed by atoms with van der Waals surface area (Å²) in [5.74, 6) is 7.05. The second kappa shape index (κ2) is 4.50. The van der Waals surface area contributed by atoms with Gasteiger partial charge in [-0.25, -0.2) is 4.98 Å². The van der Waals surface area contributed by atoms with Gasteiger partial charge in [-0.3, -0.25) is 0 Å². The van der Waals surface area contributed by atoms with Gasteiger partial charge in [-0.1, -0.05) is 5.92 Å². The standard InChI is InChI=1S/C12H17N3/c1-3-4-7-15-10(2)13-8-12(15)9-14-11-5-6-11/h8,11,14H,5-7,9H2,1-2H3. The van der Waals surface area contributed by atoms with Gasteiger partial charge in [-0.15, -0.1) is 5.92 Å². The van der Waals surface area contributed by atoms with E-state index < -0.39 is 0 Å². The molecule has 80 valence electrons. The van der Waals surface area contributed by atoms with E-state index in [1.807, 2.05) is 20.0 Å². The lowest BCUT2D eigenvalue weighted by Gasteiger charge is -2.07. The average Bonchev–Trinajstić information content (AvgIpc) is 2.99. The van der Waals surface area contributed by atoms with Crippen molar-refractivity contribution in [3.63, 3.8) is 0 Å². The third-order valence-corrected chi connectivity index (χ3v) is 2.70. The van der Waals surface area contributed by atoms with Crippen LogP contribution in [0.15, 0.2) is 6.20 Å². The summed E-state index contributed by atoms with van der Waals surface area (Å²) < 4.78 is 2.17. The van der Waals surface area contributed by atoms with Crippen LogP contribution in [0.1, 0.15) is 31.3 Å². The van der Waals surface area contributed by atoms with E-state index in [0.717, 1.165) is 25.0 Å². The first-order chi connectivity index (χ1) is 7.31. The molecule has 0 saturated heterocycles. The molecule has 0 aromatic carbocycles. The number of aromatic nitrogens is 2. The number of hydrogen-bond acceptors (Lipinski definition) is 2. The first kappa shape index (κ1) is 10.3. The van der Waals surface area contributed by atoms with Gasteiger partial charge in [0.25, 0.3) is 0 Å². The molecule has 1 aromatic heterocycles. The van der Waals surface area contributed by atoms with Crippen LogP contribution in [0.2, 0.25) is 0 Å². The van der Waals surface area contributed by atoms with Crippen molar-refractivity contribution >= 4 is 0 Å². The van der Waals surface area contributed by atoms with Crippen LogP contribution in [0.25, 0.3) is 0 Å². The number of nitrogens with one attached hydrogen (secondary N) is 1. The normalized spacial score (nSPS) is 14.8. The van der Waals surface area contributed by atoms with Gasteiger partial charge in [-0.05, 0) is 26.7 Å². The summed E-state index contributed by atoms with van der Waals surface area (Å²) in [6.45, 7) is 5.56. The molecule has 1 saturated carbocycles. The average molecular weight is 203 g/mol. The van der Waals surface area contributed by atoms with Crippen LogP contribution in [0.5, 0.6) is 0 Å². The molecule has 1 aromatic rings. The molecule has 1 N–H and O–H groups in total. The zero-order valence-corrected chi connectivity index (χ0v) is 9.38. The smallest absolute Gasteiger partial charge is 0.106 e. The van der Waals surface area contributed by atoms with Crippen molar-refractivity contribution in [2.45, 2.75) is 45.8 Å². The lowest BCUT2D eigenvalue weighted by molar-refractivity contribution is 0.635. The summed E-state index contributed by atoms with van der Waals surface area (Å²) >= 11 is 0. The molecule has 1 aliphatic carbocycles. The Morgan fingerprint density at radius 3 is 3.07 bits per heavy atom. The van der Waals surface area contributed by atoms with E-state index in [1.54, 1.807) is 0 Å². The monoisotopic (exact) mass is 203 g/mol. The molecular formula is C12H17N3. The Hall–Kier alpha value is -1.27. The van der Waals surface area contributed by atoms with Gasteiger partial charge in [0.1, 0.15) is 5.82 Å². The van der Waals surface area contributed by atoms with Crippen LogP contribution in [-0.2, 0) is 13.1 Å². The molecule has 0 radical (unpaired) electrons. The predicted molar refractivity (Wildman–Crippen MR) is 60.3 cm³/mol. The van der Waals surface area contributed by atoms with E-state index in [4.69, 9.17) is 0 Å². The van der Waals surface area contributed by atoms with Crippen LogP contribution >= 0.6 is 0 Å². The molecular weight excluding hydrogens is 186 g/mol. The van der Waals surface area contributed by atoms with Gasteiger partial charge in [0.2, 0.25) is 0 Å². The van der Waals surface area contributed by atoms with Crippen molar-refractivity contribution in [1.29, 1.82) is 0 Å². The summed E-state index contributed by atoms with van der Waals surface area (Å²) in [6, 6.07) is 0.742. The van der Waals surface area contributed by atoms with Crippen molar-refractivity contribution in [2.75, 3.05) is 0 Å². The number of nitrogens with zero attached hydrogens (tertiary/aromatic N) is 2. The van der Waals surface area contributed by atoms with Crippen molar-refractivity contribution in [2.24, 2.45) is 0 Å². The van der Waals surface area contributed by atoms with Gasteiger partial charge in [0, 0.05) is 18.8 Å². The van der Waals surface area contributed by atoms with Crippen molar-refractivity contribution in [3.8, 4) is 11.8 Å². The maximum atomic E-state index is 4.32. The summed E-state index contributed by atoms with van der Waals surface area (Å²) in [6.07, 6.45) is 4.59. The molecule has 1 heterocycles. The molecule has 0 amide bonds. The molecule has 0 bridgehead atoms. The maximum absolute atomic E-state index is 4.32. The third-order valence-electron chi connectivity index (χ3n) is 2.70. The number of rotatable bonds is 4. The van der Waals surface area contributed by atoms with Gasteiger partial charge in [-0.2, -0.15) is 0 Å². The van der Waals surface area contributed by atoms with Gasteiger partial charge >= 0.3 is 0 Å². The second-order valence-electron chi connectivity index (χ2n) is 3.96. The highest BCUT2D eigenvalue weighted by atomic mass is 15.1. The minimum Gasteiger partial charge on any atom is -0.319 e. The Balaban J connectivity index is 2.02. The summed E-state index contributed by atoms with van der Waals surface area (Å²) in [5, 5.41) is 3.49. The van der Waals surface area contributed by atoms with E-state index in [1.165, 1.54) is 18.5 Å². The van der Waals surface area contributed by atoms with Crippen LogP contribution < -0.4 is 5.32 Å². The van der Waals surface area contributed by atoms with Gasteiger partial charge in [0.05, 0.1) is 12.2 Å². The molecule has 0 atom stereocenters. The van der Waals surface area contributed by atoms with Crippen LogP contribution in [0, 0.1) is 18.8 Å². The second-order valence-corrected chi connectivity index (χ2v) is 3.96. The summed E-state index contributed by atoms with van der Waals surface area (Å²) in [4.78, 5) is 4.32. The first-order valence-electron chi connectivity index (χ1n) is 5.45. The zero-order valence-electron chi connectivity index (χ0n) is 9.38. The lowest BCUT2D eigenvalue weighted by atomic mass is 10.4. The fourth-order valence-electron chi connectivity index (χ4n) is 1.57. The topological polar surface area (TPSA) is 29.9 Å².